The van der Waals surface area contributed by atoms with Crippen molar-refractivity contribution in [2.45, 2.75) is 276 Å². The topological polar surface area (TPSA) is 108 Å². The van der Waals surface area contributed by atoms with E-state index in [9.17, 15) is 19.4 Å². The molecule has 0 rings (SSSR count). The molecule has 0 aromatic carbocycles. The summed E-state index contributed by atoms with van der Waals surface area (Å²) in [5, 5.41) is 14.0. The maximum absolute atomic E-state index is 13.0. The highest BCUT2D eigenvalue weighted by Gasteiger charge is 2.24. The van der Waals surface area contributed by atoms with E-state index < -0.39 is 20.0 Å². The number of nitrogens with zero attached hydrogens (tertiary/aromatic N) is 1. The summed E-state index contributed by atoms with van der Waals surface area (Å²) < 4.78 is 23.5. The minimum absolute atomic E-state index is 0.00335. The van der Waals surface area contributed by atoms with Gasteiger partial charge < -0.3 is 28.8 Å². The quantitative estimate of drug-likeness (QED) is 0.0272. The van der Waals surface area contributed by atoms with Crippen LogP contribution in [-0.2, 0) is 18.4 Å². The molecule has 454 valence electrons. The Hall–Kier alpha value is -3.10. The lowest BCUT2D eigenvalue weighted by atomic mass is 10.0. The number of carbonyl (C=O) groups is 1. The van der Waals surface area contributed by atoms with Crippen molar-refractivity contribution >= 4 is 13.7 Å². The van der Waals surface area contributed by atoms with E-state index in [4.69, 9.17) is 9.05 Å². The van der Waals surface area contributed by atoms with Crippen LogP contribution in [0.3, 0.4) is 0 Å². The van der Waals surface area contributed by atoms with Crippen LogP contribution in [-0.4, -0.2) is 68.5 Å². The number of aliphatic hydroxyl groups excluding tert-OH is 1. The van der Waals surface area contributed by atoms with Gasteiger partial charge in [-0.2, -0.15) is 0 Å². The van der Waals surface area contributed by atoms with Gasteiger partial charge in [0.25, 0.3) is 7.82 Å². The number of rotatable bonds is 58. The normalized spacial score (nSPS) is 14.6. The predicted molar refractivity (Wildman–Crippen MR) is 343 cm³/mol. The van der Waals surface area contributed by atoms with E-state index >= 15 is 0 Å². The predicted octanol–water partition coefficient (Wildman–Crippen LogP) is 19.9. The summed E-state index contributed by atoms with van der Waals surface area (Å²) in [6, 6.07) is -0.818. The molecular weight excluding hydrogens is 996 g/mol. The third-order valence-corrected chi connectivity index (χ3v) is 14.9. The monoisotopic (exact) mass is 1120 g/mol. The highest BCUT2D eigenvalue weighted by Crippen LogP contribution is 2.38. The molecule has 0 aromatic rings. The number of aliphatic hydroxyl groups is 1. The summed E-state index contributed by atoms with van der Waals surface area (Å²) >= 11 is 0. The van der Waals surface area contributed by atoms with E-state index in [2.05, 4.69) is 141 Å². The van der Waals surface area contributed by atoms with Gasteiger partial charge in [0.15, 0.2) is 0 Å². The van der Waals surface area contributed by atoms with Gasteiger partial charge in [0.2, 0.25) is 5.91 Å². The second-order valence-electron chi connectivity index (χ2n) is 22.7. The van der Waals surface area contributed by atoms with Gasteiger partial charge in [0, 0.05) is 6.42 Å². The molecule has 0 heterocycles. The Bertz CT molecular complexity index is 1700. The minimum Gasteiger partial charge on any atom is -0.756 e. The van der Waals surface area contributed by atoms with Crippen molar-refractivity contribution in [3.05, 3.63) is 122 Å². The lowest BCUT2D eigenvalue weighted by Gasteiger charge is -2.30. The first-order valence-electron chi connectivity index (χ1n) is 32.4. The van der Waals surface area contributed by atoms with Crippen molar-refractivity contribution < 1.29 is 32.9 Å². The van der Waals surface area contributed by atoms with E-state index in [1.807, 2.05) is 21.1 Å². The molecule has 3 unspecified atom stereocenters. The summed E-state index contributed by atoms with van der Waals surface area (Å²) in [6.45, 7) is 4.61. The molecule has 0 aliphatic carbocycles. The number of phosphoric ester groups is 1. The average molecular weight is 1120 g/mol. The first-order chi connectivity index (χ1) is 38.5. The van der Waals surface area contributed by atoms with Gasteiger partial charge >= 0.3 is 0 Å². The van der Waals surface area contributed by atoms with Gasteiger partial charge in [0.1, 0.15) is 13.2 Å². The molecule has 0 aliphatic rings. The van der Waals surface area contributed by atoms with Crippen molar-refractivity contribution in [1.82, 2.24) is 5.32 Å². The Kier molecular flexibility index (Phi) is 57.2. The molecule has 0 spiro atoms. The maximum Gasteiger partial charge on any atom is 0.268 e. The lowest BCUT2D eigenvalue weighted by Crippen LogP contribution is -2.46. The Morgan fingerprint density at radius 2 is 0.772 bits per heavy atom. The van der Waals surface area contributed by atoms with E-state index in [0.29, 0.717) is 23.9 Å². The molecule has 79 heavy (non-hydrogen) atoms. The minimum atomic E-state index is -4.59. The molecule has 0 bridgehead atoms. The second-order valence-corrected chi connectivity index (χ2v) is 24.2. The molecule has 8 nitrogen and oxygen atoms in total. The lowest BCUT2D eigenvalue weighted by molar-refractivity contribution is -0.870. The molecule has 9 heteroatoms. The van der Waals surface area contributed by atoms with Crippen LogP contribution in [0.4, 0.5) is 0 Å². The first kappa shape index (κ1) is 75.9. The number of unbranched alkanes of at least 4 members (excludes halogenated alkanes) is 25. The molecule has 0 saturated carbocycles. The zero-order chi connectivity index (χ0) is 57.7. The Morgan fingerprint density at radius 3 is 1.13 bits per heavy atom. The van der Waals surface area contributed by atoms with Crippen molar-refractivity contribution in [3.63, 3.8) is 0 Å². The molecule has 0 radical (unpaired) electrons. The molecule has 0 aliphatic heterocycles. The van der Waals surface area contributed by atoms with Crippen LogP contribution in [0.25, 0.3) is 0 Å². The number of carbonyl (C=O) groups excluding carboxylic acids is 1. The van der Waals surface area contributed by atoms with Gasteiger partial charge in [-0.15, -0.1) is 0 Å². The fourth-order valence-electron chi connectivity index (χ4n) is 8.95. The third-order valence-electron chi connectivity index (χ3n) is 14.0. The average Bonchev–Trinajstić information content (AvgIpc) is 3.42. The van der Waals surface area contributed by atoms with E-state index in [1.165, 1.54) is 122 Å². The van der Waals surface area contributed by atoms with Crippen LogP contribution >= 0.6 is 7.82 Å². The van der Waals surface area contributed by atoms with Crippen molar-refractivity contribution in [1.29, 1.82) is 0 Å². The molecule has 2 N–H and O–H groups in total. The number of amides is 1. The molecule has 3 atom stereocenters. The summed E-state index contributed by atoms with van der Waals surface area (Å²) in [6.07, 6.45) is 88.1. The van der Waals surface area contributed by atoms with Crippen LogP contribution < -0.4 is 10.2 Å². The first-order valence-corrected chi connectivity index (χ1v) is 33.8. The number of phosphoric acid groups is 1. The Balaban J connectivity index is 4.17. The number of likely N-dealkylation sites (N-methyl/N-ethyl adjacent to an activating group) is 1. The zero-order valence-corrected chi connectivity index (χ0v) is 52.7. The third kappa shape index (κ3) is 62.4. The van der Waals surface area contributed by atoms with Crippen LogP contribution in [0.1, 0.15) is 264 Å². The van der Waals surface area contributed by atoms with E-state index in [-0.39, 0.29) is 19.1 Å². The maximum atomic E-state index is 13.0. The fourth-order valence-corrected chi connectivity index (χ4v) is 9.67. The zero-order valence-electron chi connectivity index (χ0n) is 51.8. The number of nitrogens with one attached hydrogen (secondary N) is 1. The summed E-state index contributed by atoms with van der Waals surface area (Å²) in [7, 11) is 1.28. The summed E-state index contributed by atoms with van der Waals surface area (Å²) in [5.74, 6) is -0.182. The number of quaternary nitrogens is 1. The largest absolute Gasteiger partial charge is 0.756 e. The molecule has 1 amide bonds. The van der Waals surface area contributed by atoms with Gasteiger partial charge in [-0.25, -0.2) is 0 Å². The molecule has 0 fully saturated rings. The number of hydrogen-bond acceptors (Lipinski definition) is 6. The van der Waals surface area contributed by atoms with Crippen molar-refractivity contribution in [2.75, 3.05) is 40.9 Å². The molecular formula is C70H123N2O6P. The van der Waals surface area contributed by atoms with E-state index in [0.717, 1.165) is 116 Å². The molecule has 0 saturated heterocycles. The van der Waals surface area contributed by atoms with Gasteiger partial charge in [-0.3, -0.25) is 9.36 Å². The standard InChI is InChI=1S/C70H123N2O6P/c1-6-8-10-12-14-16-18-20-22-24-26-28-29-30-31-32-33-34-35-36-37-38-39-40-41-42-43-44-46-48-50-52-54-56-58-60-62-64-70(74)71-68(67-78-79(75,76)77-66-65-72(3,4)5)69(73)63-61-59-57-55-53-51-49-47-45-27-25-23-21-19-17-15-13-11-9-7-2/h8,10,14,16,20,22,26,28,30-31,33-34,36-37,39-40,42-43,46,48,68-69,73H,6-7,9,11-13,15,17-19,21,23-25,27,29,32,35,38,41,44-45,47,49-67H2,1-5H3,(H-,71,74,75,76)/b10-8-,16-14-,22-20-,28-26-,31-30-,34-33-,37-36-,40-39-,43-42-,48-46-. The number of hydrogen-bond donors (Lipinski definition) is 2. The molecule has 0 aromatic heterocycles. The van der Waals surface area contributed by atoms with Crippen LogP contribution in [0, 0.1) is 0 Å². The Morgan fingerprint density at radius 1 is 0.456 bits per heavy atom. The highest BCUT2D eigenvalue weighted by atomic mass is 31.2. The van der Waals surface area contributed by atoms with Gasteiger partial charge in [-0.1, -0.05) is 289 Å². The highest BCUT2D eigenvalue weighted by molar-refractivity contribution is 7.45. The van der Waals surface area contributed by atoms with Crippen LogP contribution in [0.5, 0.6) is 0 Å². The van der Waals surface area contributed by atoms with Gasteiger partial charge in [0.05, 0.1) is 39.9 Å². The number of allylic oxidation sites excluding steroid dienone is 20. The summed E-state index contributed by atoms with van der Waals surface area (Å²) in [5.41, 5.74) is 0. The SMILES string of the molecule is CC/C=C\C/C=C\C/C=C\C/C=C\C/C=C\C/C=C\C/C=C\C/C=C\C/C=C\C/C=C\CCCCCCCCC(=O)NC(COP(=O)([O-])OCC[N+](C)(C)C)C(O)CCCCCCCCCCCCCCCCCCCCCC. The van der Waals surface area contributed by atoms with Gasteiger partial charge in [-0.05, 0) is 89.9 Å². The van der Waals surface area contributed by atoms with Crippen LogP contribution in [0.15, 0.2) is 122 Å². The van der Waals surface area contributed by atoms with Crippen molar-refractivity contribution in [3.8, 4) is 0 Å². The second kappa shape index (κ2) is 59.5. The van der Waals surface area contributed by atoms with Crippen molar-refractivity contribution in [2.24, 2.45) is 0 Å². The smallest absolute Gasteiger partial charge is 0.268 e. The van der Waals surface area contributed by atoms with E-state index in [1.54, 1.807) is 0 Å². The summed E-state index contributed by atoms with van der Waals surface area (Å²) in [4.78, 5) is 25.6. The Labute approximate surface area is 488 Å². The fraction of sp³-hybridized carbons (Fsp3) is 0.700. The van der Waals surface area contributed by atoms with Crippen LogP contribution in [0.2, 0.25) is 0 Å².